The summed E-state index contributed by atoms with van der Waals surface area (Å²) in [5.41, 5.74) is 0.386. The van der Waals surface area contributed by atoms with E-state index in [-0.39, 0.29) is 10.6 Å². The Bertz CT molecular complexity index is 988. The zero-order valence-electron chi connectivity index (χ0n) is 15.5. The molecule has 1 aliphatic rings. The highest BCUT2D eigenvalue weighted by atomic mass is 32.2. The van der Waals surface area contributed by atoms with Crippen molar-refractivity contribution < 1.29 is 22.9 Å². The number of nitro groups is 1. The number of aromatic nitrogens is 1. The van der Waals surface area contributed by atoms with E-state index < -0.39 is 33.3 Å². The molecule has 0 atom stereocenters. The minimum absolute atomic E-state index is 0.115. The number of anilines is 1. The fraction of sp³-hybridized carbons (Fsp3) is 0.333. The van der Waals surface area contributed by atoms with E-state index in [1.165, 1.54) is 46.9 Å². The lowest BCUT2D eigenvalue weighted by Gasteiger charge is -2.25. The van der Waals surface area contributed by atoms with Crippen LogP contribution in [0.25, 0.3) is 0 Å². The Morgan fingerprint density at radius 2 is 1.86 bits per heavy atom. The molecule has 154 valence electrons. The van der Waals surface area contributed by atoms with Gasteiger partial charge in [-0.1, -0.05) is 6.42 Å². The van der Waals surface area contributed by atoms with Crippen molar-refractivity contribution in [2.45, 2.75) is 24.2 Å². The molecule has 1 N–H and O–H groups in total. The summed E-state index contributed by atoms with van der Waals surface area (Å²) in [6.07, 6.45) is 3.98. The van der Waals surface area contributed by atoms with Crippen molar-refractivity contribution in [3.8, 4) is 5.75 Å². The van der Waals surface area contributed by atoms with E-state index in [0.29, 0.717) is 18.8 Å². The predicted molar refractivity (Wildman–Crippen MR) is 104 cm³/mol. The van der Waals surface area contributed by atoms with Crippen molar-refractivity contribution >= 4 is 27.4 Å². The first-order valence-corrected chi connectivity index (χ1v) is 10.4. The number of hydrogen-bond donors (Lipinski definition) is 1. The molecule has 3 rings (SSSR count). The monoisotopic (exact) mass is 420 g/mol. The standard InChI is InChI=1S/C18H20N4O6S/c23-17(13-28-16-5-4-10-19-18(16)22(24)25)20-14-6-8-15(9-7-14)29(26,27)21-11-2-1-3-12-21/h4-10H,1-3,11-13H2,(H,20,23). The second-order valence-electron chi connectivity index (χ2n) is 6.41. The molecule has 10 nitrogen and oxygen atoms in total. The summed E-state index contributed by atoms with van der Waals surface area (Å²) in [4.78, 5) is 26.0. The van der Waals surface area contributed by atoms with Gasteiger partial charge < -0.3 is 20.2 Å². The quantitative estimate of drug-likeness (QED) is 0.536. The Kier molecular flexibility index (Phi) is 6.39. The lowest BCUT2D eigenvalue weighted by atomic mass is 10.2. The van der Waals surface area contributed by atoms with Gasteiger partial charge in [-0.05, 0) is 59.1 Å². The zero-order chi connectivity index (χ0) is 20.9. The Morgan fingerprint density at radius 3 is 2.52 bits per heavy atom. The van der Waals surface area contributed by atoms with Crippen LogP contribution in [0.5, 0.6) is 5.75 Å². The fourth-order valence-corrected chi connectivity index (χ4v) is 4.45. The summed E-state index contributed by atoms with van der Waals surface area (Å²) >= 11 is 0. The summed E-state index contributed by atoms with van der Waals surface area (Å²) in [7, 11) is -3.54. The summed E-state index contributed by atoms with van der Waals surface area (Å²) in [5.74, 6) is -1.14. The van der Waals surface area contributed by atoms with Crippen molar-refractivity contribution in [2.75, 3.05) is 25.0 Å². The third-order valence-electron chi connectivity index (χ3n) is 4.37. The van der Waals surface area contributed by atoms with Crippen LogP contribution in [0.3, 0.4) is 0 Å². The van der Waals surface area contributed by atoms with Gasteiger partial charge in [-0.2, -0.15) is 4.31 Å². The molecule has 1 amide bonds. The van der Waals surface area contributed by atoms with Crippen molar-refractivity contribution in [1.29, 1.82) is 0 Å². The van der Waals surface area contributed by atoms with Crippen LogP contribution in [0.2, 0.25) is 0 Å². The van der Waals surface area contributed by atoms with Crippen molar-refractivity contribution in [1.82, 2.24) is 9.29 Å². The lowest BCUT2D eigenvalue weighted by molar-refractivity contribution is -0.390. The van der Waals surface area contributed by atoms with Crippen LogP contribution in [0.15, 0.2) is 47.5 Å². The number of nitrogens with zero attached hydrogens (tertiary/aromatic N) is 3. The number of ether oxygens (including phenoxy) is 1. The first kappa shape index (κ1) is 20.7. The van der Waals surface area contributed by atoms with Crippen LogP contribution in [0, 0.1) is 10.1 Å². The van der Waals surface area contributed by atoms with E-state index >= 15 is 0 Å². The average Bonchev–Trinajstić information content (AvgIpc) is 2.73. The molecule has 1 aliphatic heterocycles. The first-order chi connectivity index (χ1) is 13.9. The van der Waals surface area contributed by atoms with Crippen LogP contribution in [-0.4, -0.2) is 48.2 Å². The molecule has 0 saturated carbocycles. The summed E-state index contributed by atoms with van der Waals surface area (Å²) in [6.45, 7) is 0.567. The van der Waals surface area contributed by atoms with Gasteiger partial charge in [-0.15, -0.1) is 0 Å². The maximum atomic E-state index is 12.6. The smallest absolute Gasteiger partial charge is 0.406 e. The maximum Gasteiger partial charge on any atom is 0.406 e. The van der Waals surface area contributed by atoms with E-state index in [9.17, 15) is 23.3 Å². The highest BCUT2D eigenvalue weighted by molar-refractivity contribution is 7.89. The Labute approximate surface area is 167 Å². The van der Waals surface area contributed by atoms with Gasteiger partial charge in [0.05, 0.1) is 4.90 Å². The molecule has 2 heterocycles. The molecule has 0 radical (unpaired) electrons. The van der Waals surface area contributed by atoms with E-state index in [2.05, 4.69) is 10.3 Å². The van der Waals surface area contributed by atoms with Gasteiger partial charge in [0.15, 0.2) is 6.61 Å². The molecule has 1 saturated heterocycles. The number of carbonyl (C=O) groups excluding carboxylic acids is 1. The summed E-state index contributed by atoms with van der Waals surface area (Å²) in [5, 5.41) is 13.5. The SMILES string of the molecule is O=C(COc1cccnc1[N+](=O)[O-])Nc1ccc(S(=O)(=O)N2CCCCC2)cc1. The predicted octanol–water partition coefficient (Wildman–Crippen LogP) is 2.18. The number of amides is 1. The van der Waals surface area contributed by atoms with Crippen molar-refractivity contribution in [2.24, 2.45) is 0 Å². The normalized spacial score (nSPS) is 14.9. The number of rotatable bonds is 7. The number of benzene rings is 1. The number of piperidine rings is 1. The van der Waals surface area contributed by atoms with Crippen LogP contribution in [0.4, 0.5) is 11.5 Å². The molecule has 11 heteroatoms. The van der Waals surface area contributed by atoms with Gasteiger partial charge >= 0.3 is 5.82 Å². The number of nitrogens with one attached hydrogen (secondary N) is 1. The summed E-state index contributed by atoms with van der Waals surface area (Å²) in [6, 6.07) is 8.65. The Hall–Kier alpha value is -3.05. The highest BCUT2D eigenvalue weighted by Gasteiger charge is 2.25. The van der Waals surface area contributed by atoms with Crippen LogP contribution < -0.4 is 10.1 Å². The van der Waals surface area contributed by atoms with Gasteiger partial charge in [0.2, 0.25) is 15.8 Å². The van der Waals surface area contributed by atoms with Gasteiger partial charge in [0, 0.05) is 18.8 Å². The van der Waals surface area contributed by atoms with E-state index in [0.717, 1.165) is 19.3 Å². The van der Waals surface area contributed by atoms with Crippen LogP contribution in [0.1, 0.15) is 19.3 Å². The third-order valence-corrected chi connectivity index (χ3v) is 6.29. The van der Waals surface area contributed by atoms with E-state index in [4.69, 9.17) is 4.74 Å². The Balaban J connectivity index is 1.60. The molecule has 0 unspecified atom stereocenters. The molecular formula is C18H20N4O6S. The average molecular weight is 420 g/mol. The largest absolute Gasteiger partial charge is 0.476 e. The Morgan fingerprint density at radius 1 is 1.17 bits per heavy atom. The molecule has 1 fully saturated rings. The molecule has 0 bridgehead atoms. The van der Waals surface area contributed by atoms with Gasteiger partial charge in [0.1, 0.15) is 6.20 Å². The third kappa shape index (κ3) is 5.06. The molecule has 1 aromatic carbocycles. The first-order valence-electron chi connectivity index (χ1n) is 9.00. The number of hydrogen-bond acceptors (Lipinski definition) is 7. The highest BCUT2D eigenvalue weighted by Crippen LogP contribution is 2.23. The second-order valence-corrected chi connectivity index (χ2v) is 8.35. The summed E-state index contributed by atoms with van der Waals surface area (Å²) < 4.78 is 31.9. The van der Waals surface area contributed by atoms with Crippen LogP contribution >= 0.6 is 0 Å². The van der Waals surface area contributed by atoms with Gasteiger partial charge in [0.25, 0.3) is 5.91 Å². The van der Waals surface area contributed by atoms with Gasteiger partial charge in [-0.25, -0.2) is 8.42 Å². The van der Waals surface area contributed by atoms with E-state index in [1.807, 2.05) is 0 Å². The number of sulfonamides is 1. The van der Waals surface area contributed by atoms with Gasteiger partial charge in [-0.3, -0.25) is 4.79 Å². The molecule has 0 aliphatic carbocycles. The van der Waals surface area contributed by atoms with Crippen molar-refractivity contribution in [3.63, 3.8) is 0 Å². The number of pyridine rings is 1. The molecular weight excluding hydrogens is 400 g/mol. The van der Waals surface area contributed by atoms with Crippen molar-refractivity contribution in [3.05, 3.63) is 52.7 Å². The fourth-order valence-electron chi connectivity index (χ4n) is 2.94. The molecule has 1 aromatic heterocycles. The molecule has 29 heavy (non-hydrogen) atoms. The number of carbonyl (C=O) groups is 1. The van der Waals surface area contributed by atoms with E-state index in [1.54, 1.807) is 0 Å². The zero-order valence-corrected chi connectivity index (χ0v) is 16.3. The van der Waals surface area contributed by atoms with Crippen LogP contribution in [-0.2, 0) is 14.8 Å². The molecule has 2 aromatic rings. The lowest BCUT2D eigenvalue weighted by Crippen LogP contribution is -2.35. The second kappa shape index (κ2) is 8.97. The minimum Gasteiger partial charge on any atom is -0.476 e. The minimum atomic E-state index is -3.54. The molecule has 0 spiro atoms. The maximum absolute atomic E-state index is 12.6. The topological polar surface area (TPSA) is 132 Å².